The van der Waals surface area contributed by atoms with Gasteiger partial charge in [-0.2, -0.15) is 0 Å². The molecule has 0 saturated carbocycles. The molecule has 0 aliphatic carbocycles. The van der Waals surface area contributed by atoms with Crippen LogP contribution in [-0.2, 0) is 16.1 Å². The van der Waals surface area contributed by atoms with E-state index in [0.29, 0.717) is 19.7 Å². The van der Waals surface area contributed by atoms with Gasteiger partial charge in [0.1, 0.15) is 11.6 Å². The van der Waals surface area contributed by atoms with Gasteiger partial charge in [-0.3, -0.25) is 29.4 Å². The second kappa shape index (κ2) is 8.56. The van der Waals surface area contributed by atoms with E-state index < -0.39 is 34.4 Å². The number of fused-ring (bicyclic) bond motifs is 1. The molecule has 0 bridgehead atoms. The molecule has 2 aliphatic rings. The molecule has 10 heteroatoms. The number of nitro groups is 1. The monoisotopic (exact) mass is 443 g/mol. The predicted octanol–water partition coefficient (Wildman–Crippen LogP) is 2.85. The highest BCUT2D eigenvalue weighted by Gasteiger charge is 2.45. The lowest BCUT2D eigenvalue weighted by atomic mass is 10.1. The largest absolute Gasteiger partial charge is 0.376 e. The van der Waals surface area contributed by atoms with Gasteiger partial charge in [0.25, 0.3) is 17.5 Å². The number of imide groups is 1. The Morgan fingerprint density at radius 3 is 2.77 bits per heavy atom. The van der Waals surface area contributed by atoms with Gasteiger partial charge in [0, 0.05) is 24.1 Å². The summed E-state index contributed by atoms with van der Waals surface area (Å²) in [5, 5.41) is 13.3. The number of nitro benzene ring substituents is 1. The standard InChI is InChI=1S/C21H21N3O6S/c1-13(23-20(26)16-7-2-8-17(24(28)29)18(16)21(23)27)19(25)22(11-14-5-3-9-30-14)12-15-6-4-10-31-15/h2,4,6-8,10,13-14H,3,5,9,11-12H2,1H3. The van der Waals surface area contributed by atoms with Crippen molar-refractivity contribution in [3.8, 4) is 0 Å². The van der Waals surface area contributed by atoms with E-state index in [9.17, 15) is 24.5 Å². The van der Waals surface area contributed by atoms with Gasteiger partial charge in [-0.25, -0.2) is 0 Å². The summed E-state index contributed by atoms with van der Waals surface area (Å²) in [7, 11) is 0. The summed E-state index contributed by atoms with van der Waals surface area (Å²) in [5.74, 6) is -1.92. The fourth-order valence-electron chi connectivity index (χ4n) is 4.02. The second-order valence-corrected chi connectivity index (χ2v) is 8.58. The first-order chi connectivity index (χ1) is 14.9. The van der Waals surface area contributed by atoms with Crippen LogP contribution in [0.5, 0.6) is 0 Å². The van der Waals surface area contributed by atoms with E-state index in [4.69, 9.17) is 4.74 Å². The third-order valence-corrected chi connectivity index (χ3v) is 6.41. The van der Waals surface area contributed by atoms with Gasteiger partial charge in [0.15, 0.2) is 0 Å². The van der Waals surface area contributed by atoms with Crippen molar-refractivity contribution in [2.75, 3.05) is 13.2 Å². The molecule has 0 spiro atoms. The Kier molecular flexibility index (Phi) is 5.84. The summed E-state index contributed by atoms with van der Waals surface area (Å²) >= 11 is 1.51. The lowest BCUT2D eigenvalue weighted by Gasteiger charge is -2.30. The molecule has 31 heavy (non-hydrogen) atoms. The van der Waals surface area contributed by atoms with E-state index in [1.165, 1.54) is 36.5 Å². The van der Waals surface area contributed by atoms with E-state index in [-0.39, 0.29) is 17.2 Å². The molecule has 2 aromatic rings. The molecule has 2 unspecified atom stereocenters. The SMILES string of the molecule is CC(C(=O)N(Cc1cccs1)CC1CCCO1)N1C(=O)c2cccc([N+](=O)[O-])c2C1=O. The van der Waals surface area contributed by atoms with Gasteiger partial charge in [0.2, 0.25) is 5.91 Å². The van der Waals surface area contributed by atoms with Crippen molar-refractivity contribution in [2.45, 2.75) is 38.5 Å². The Bertz CT molecular complexity index is 1030. The summed E-state index contributed by atoms with van der Waals surface area (Å²) in [6.45, 7) is 2.81. The van der Waals surface area contributed by atoms with E-state index in [2.05, 4.69) is 0 Å². The van der Waals surface area contributed by atoms with Crippen LogP contribution in [0.25, 0.3) is 0 Å². The summed E-state index contributed by atoms with van der Waals surface area (Å²) in [6.07, 6.45) is 1.66. The number of thiophene rings is 1. The molecule has 1 saturated heterocycles. The van der Waals surface area contributed by atoms with Crippen LogP contribution in [-0.4, -0.2) is 57.7 Å². The van der Waals surface area contributed by atoms with Crippen LogP contribution in [0.4, 0.5) is 5.69 Å². The first-order valence-electron chi connectivity index (χ1n) is 9.96. The predicted molar refractivity (Wildman–Crippen MR) is 112 cm³/mol. The van der Waals surface area contributed by atoms with Crippen molar-refractivity contribution in [3.63, 3.8) is 0 Å². The fraction of sp³-hybridized carbons (Fsp3) is 0.381. The van der Waals surface area contributed by atoms with Crippen LogP contribution in [0.15, 0.2) is 35.7 Å². The fourth-order valence-corrected chi connectivity index (χ4v) is 4.74. The lowest BCUT2D eigenvalue weighted by Crippen LogP contribution is -2.50. The number of rotatable bonds is 7. The molecule has 3 amide bonds. The molecule has 0 radical (unpaired) electrons. The van der Waals surface area contributed by atoms with Crippen LogP contribution in [0, 0.1) is 10.1 Å². The molecule has 2 atom stereocenters. The molecule has 4 rings (SSSR count). The summed E-state index contributed by atoms with van der Waals surface area (Å²) in [5.41, 5.74) is -0.753. The molecule has 3 heterocycles. The number of carbonyl (C=O) groups excluding carboxylic acids is 3. The third kappa shape index (κ3) is 3.96. The number of ether oxygens (including phenoxy) is 1. The summed E-state index contributed by atoms with van der Waals surface area (Å²) in [4.78, 5) is 53.3. The van der Waals surface area contributed by atoms with E-state index in [0.717, 1.165) is 22.6 Å². The number of amides is 3. The van der Waals surface area contributed by atoms with E-state index >= 15 is 0 Å². The van der Waals surface area contributed by atoms with Crippen LogP contribution in [0.2, 0.25) is 0 Å². The maximum Gasteiger partial charge on any atom is 0.282 e. The zero-order valence-electron chi connectivity index (χ0n) is 16.9. The molecule has 1 aromatic heterocycles. The number of benzene rings is 1. The second-order valence-electron chi connectivity index (χ2n) is 7.55. The molecule has 2 aliphatic heterocycles. The van der Waals surface area contributed by atoms with Crippen molar-refractivity contribution in [1.29, 1.82) is 0 Å². The molecular formula is C21H21N3O6S. The lowest BCUT2D eigenvalue weighted by molar-refractivity contribution is -0.385. The number of hydrogen-bond acceptors (Lipinski definition) is 7. The number of nitrogens with zero attached hydrogens (tertiary/aromatic N) is 3. The van der Waals surface area contributed by atoms with E-state index in [1.54, 1.807) is 4.90 Å². The maximum atomic E-state index is 13.4. The minimum atomic E-state index is -1.10. The molecule has 1 aromatic carbocycles. The normalized spacial score (nSPS) is 18.9. The molecular weight excluding hydrogens is 422 g/mol. The van der Waals surface area contributed by atoms with Crippen molar-refractivity contribution in [3.05, 3.63) is 61.8 Å². The highest BCUT2D eigenvalue weighted by molar-refractivity contribution is 7.09. The van der Waals surface area contributed by atoms with Crippen molar-refractivity contribution in [1.82, 2.24) is 9.80 Å². The molecule has 162 valence electrons. The summed E-state index contributed by atoms with van der Waals surface area (Å²) < 4.78 is 5.68. The number of carbonyl (C=O) groups is 3. The van der Waals surface area contributed by atoms with Crippen LogP contribution < -0.4 is 0 Å². The third-order valence-electron chi connectivity index (χ3n) is 5.55. The first-order valence-corrected chi connectivity index (χ1v) is 10.8. The highest BCUT2D eigenvalue weighted by Crippen LogP contribution is 2.32. The van der Waals surface area contributed by atoms with Crippen LogP contribution >= 0.6 is 11.3 Å². The topological polar surface area (TPSA) is 110 Å². The quantitative estimate of drug-likeness (QED) is 0.370. The smallest absolute Gasteiger partial charge is 0.282 e. The molecule has 0 N–H and O–H groups in total. The van der Waals surface area contributed by atoms with Gasteiger partial charge >= 0.3 is 0 Å². The van der Waals surface area contributed by atoms with Crippen molar-refractivity contribution >= 4 is 34.7 Å². The maximum absolute atomic E-state index is 13.4. The average molecular weight is 443 g/mol. The van der Waals surface area contributed by atoms with Crippen LogP contribution in [0.1, 0.15) is 45.4 Å². The highest BCUT2D eigenvalue weighted by atomic mass is 32.1. The number of hydrogen-bond donors (Lipinski definition) is 0. The zero-order valence-corrected chi connectivity index (χ0v) is 17.7. The minimum Gasteiger partial charge on any atom is -0.376 e. The van der Waals surface area contributed by atoms with Crippen molar-refractivity contribution < 1.29 is 24.0 Å². The van der Waals surface area contributed by atoms with Gasteiger partial charge < -0.3 is 9.64 Å². The first kappa shape index (κ1) is 21.1. The Labute approximate surface area is 182 Å². The van der Waals surface area contributed by atoms with Gasteiger partial charge in [0.05, 0.1) is 23.1 Å². The van der Waals surface area contributed by atoms with Gasteiger partial charge in [-0.15, -0.1) is 11.3 Å². The Hall–Kier alpha value is -3.11. The van der Waals surface area contributed by atoms with Gasteiger partial charge in [-0.05, 0) is 37.3 Å². The Morgan fingerprint density at radius 1 is 1.32 bits per heavy atom. The van der Waals surface area contributed by atoms with E-state index in [1.807, 2.05) is 17.5 Å². The van der Waals surface area contributed by atoms with Gasteiger partial charge in [-0.1, -0.05) is 12.1 Å². The van der Waals surface area contributed by atoms with Crippen molar-refractivity contribution in [2.24, 2.45) is 0 Å². The minimum absolute atomic E-state index is 0.0530. The molecule has 9 nitrogen and oxygen atoms in total. The zero-order chi connectivity index (χ0) is 22.1. The van der Waals surface area contributed by atoms with Crippen LogP contribution in [0.3, 0.4) is 0 Å². The molecule has 1 fully saturated rings. The average Bonchev–Trinajstić information content (AvgIpc) is 3.50. The Balaban J connectivity index is 1.60. The Morgan fingerprint density at radius 2 is 2.13 bits per heavy atom. The summed E-state index contributed by atoms with van der Waals surface area (Å²) in [6, 6.07) is 6.61.